The third-order valence-electron chi connectivity index (χ3n) is 4.74. The van der Waals surface area contributed by atoms with Gasteiger partial charge in [-0.1, -0.05) is 42.5 Å². The highest BCUT2D eigenvalue weighted by Gasteiger charge is 2.25. The Balaban J connectivity index is 1.53. The lowest BCUT2D eigenvalue weighted by molar-refractivity contribution is -0.129. The second-order valence-electron chi connectivity index (χ2n) is 6.57. The quantitative estimate of drug-likeness (QED) is 0.688. The van der Waals surface area contributed by atoms with Crippen LogP contribution in [0.15, 0.2) is 66.7 Å². The normalized spacial score (nSPS) is 15.8. The van der Waals surface area contributed by atoms with Gasteiger partial charge in [-0.25, -0.2) is 4.39 Å². The summed E-state index contributed by atoms with van der Waals surface area (Å²) in [4.78, 5) is 12.7. The predicted molar refractivity (Wildman–Crippen MR) is 104 cm³/mol. The zero-order chi connectivity index (χ0) is 18.8. The van der Waals surface area contributed by atoms with Gasteiger partial charge >= 0.3 is 0 Å². The minimum Gasteiger partial charge on any atom is -0.397 e. The van der Waals surface area contributed by atoms with E-state index in [1.807, 2.05) is 30.3 Å². The van der Waals surface area contributed by atoms with Gasteiger partial charge in [-0.15, -0.1) is 0 Å². The molecule has 0 aromatic heterocycles. The molecule has 0 saturated heterocycles. The van der Waals surface area contributed by atoms with Gasteiger partial charge in [-0.3, -0.25) is 4.79 Å². The van der Waals surface area contributed by atoms with Gasteiger partial charge in [-0.05, 0) is 46.5 Å². The number of nitrogens with two attached hydrogens (primary N) is 1. The lowest BCUT2D eigenvalue weighted by atomic mass is 9.98. The molecule has 1 amide bonds. The highest BCUT2D eigenvalue weighted by Crippen LogP contribution is 2.28. The Bertz CT molecular complexity index is 986. The molecular formula is C22H19FN2O2. The predicted octanol–water partition coefficient (Wildman–Crippen LogP) is 4.15. The molecule has 3 aromatic carbocycles. The van der Waals surface area contributed by atoms with Gasteiger partial charge in [0.15, 0.2) is 0 Å². The maximum atomic E-state index is 13.1. The summed E-state index contributed by atoms with van der Waals surface area (Å²) in [5.41, 5.74) is 10.9. The number of benzene rings is 3. The van der Waals surface area contributed by atoms with E-state index < -0.39 is 6.10 Å². The van der Waals surface area contributed by atoms with Crippen LogP contribution in [-0.4, -0.2) is 12.0 Å². The van der Waals surface area contributed by atoms with E-state index in [1.165, 1.54) is 12.1 Å². The molecule has 5 heteroatoms. The molecule has 1 aliphatic heterocycles. The Morgan fingerprint density at radius 3 is 2.48 bits per heavy atom. The van der Waals surface area contributed by atoms with Crippen LogP contribution in [0, 0.1) is 5.82 Å². The van der Waals surface area contributed by atoms with Gasteiger partial charge in [0.1, 0.15) is 11.9 Å². The van der Waals surface area contributed by atoms with Crippen LogP contribution < -0.4 is 11.1 Å². The number of rotatable bonds is 3. The number of fused-ring (bicyclic) bond motifs is 1. The number of nitrogens with one attached hydrogen (secondary N) is 1. The van der Waals surface area contributed by atoms with Gasteiger partial charge in [0.2, 0.25) is 0 Å². The van der Waals surface area contributed by atoms with Crippen molar-refractivity contribution in [3.8, 4) is 11.1 Å². The van der Waals surface area contributed by atoms with E-state index in [-0.39, 0.29) is 11.7 Å². The van der Waals surface area contributed by atoms with Crippen molar-refractivity contribution in [2.45, 2.75) is 19.1 Å². The van der Waals surface area contributed by atoms with Crippen LogP contribution in [0.4, 0.5) is 15.8 Å². The number of anilines is 2. The molecule has 27 heavy (non-hydrogen) atoms. The fraction of sp³-hybridized carbons (Fsp3) is 0.136. The van der Waals surface area contributed by atoms with Crippen molar-refractivity contribution in [3.05, 3.63) is 83.7 Å². The summed E-state index contributed by atoms with van der Waals surface area (Å²) in [6, 6.07) is 19.5. The summed E-state index contributed by atoms with van der Waals surface area (Å²) in [6.07, 6.45) is -0.0340. The fourth-order valence-corrected chi connectivity index (χ4v) is 3.21. The molecule has 4 rings (SSSR count). The molecule has 0 radical (unpaired) electrons. The van der Waals surface area contributed by atoms with Crippen LogP contribution >= 0.6 is 0 Å². The van der Waals surface area contributed by atoms with Crippen LogP contribution in [0.2, 0.25) is 0 Å². The second-order valence-corrected chi connectivity index (χ2v) is 6.57. The van der Waals surface area contributed by atoms with Crippen molar-refractivity contribution in [3.63, 3.8) is 0 Å². The molecule has 3 N–H and O–H groups in total. The van der Waals surface area contributed by atoms with Gasteiger partial charge in [0, 0.05) is 6.42 Å². The first-order valence-electron chi connectivity index (χ1n) is 8.75. The second kappa shape index (κ2) is 7.21. The lowest BCUT2D eigenvalue weighted by Crippen LogP contribution is -2.35. The van der Waals surface area contributed by atoms with Crippen LogP contribution in [0.25, 0.3) is 11.1 Å². The molecule has 3 aromatic rings. The van der Waals surface area contributed by atoms with Gasteiger partial charge in [-0.2, -0.15) is 0 Å². The molecule has 0 saturated carbocycles. The molecule has 1 aliphatic rings. The SMILES string of the molecule is Nc1ccc(-c2ccc(F)cc2)cc1NC(=O)C1Cc2ccccc2CO1. The molecule has 0 bridgehead atoms. The summed E-state index contributed by atoms with van der Waals surface area (Å²) in [5, 5.41) is 2.87. The van der Waals surface area contributed by atoms with Gasteiger partial charge in [0.05, 0.1) is 18.0 Å². The topological polar surface area (TPSA) is 64.3 Å². The molecule has 0 spiro atoms. The summed E-state index contributed by atoms with van der Waals surface area (Å²) in [7, 11) is 0. The fourth-order valence-electron chi connectivity index (χ4n) is 3.21. The molecular weight excluding hydrogens is 343 g/mol. The third-order valence-corrected chi connectivity index (χ3v) is 4.74. The van der Waals surface area contributed by atoms with Crippen molar-refractivity contribution >= 4 is 17.3 Å². The minimum atomic E-state index is -0.561. The number of amides is 1. The van der Waals surface area contributed by atoms with E-state index in [0.717, 1.165) is 22.3 Å². The lowest BCUT2D eigenvalue weighted by Gasteiger charge is -2.24. The number of ether oxygens (including phenoxy) is 1. The van der Waals surface area contributed by atoms with Crippen LogP contribution in [0.1, 0.15) is 11.1 Å². The Kier molecular flexibility index (Phi) is 4.60. The maximum absolute atomic E-state index is 13.1. The first kappa shape index (κ1) is 17.2. The largest absolute Gasteiger partial charge is 0.397 e. The Labute approximate surface area is 156 Å². The van der Waals surface area contributed by atoms with Gasteiger partial charge < -0.3 is 15.8 Å². The number of hydrogen-bond donors (Lipinski definition) is 2. The number of hydrogen-bond acceptors (Lipinski definition) is 3. The van der Waals surface area contributed by atoms with E-state index in [1.54, 1.807) is 24.3 Å². The molecule has 0 aliphatic carbocycles. The van der Waals surface area contributed by atoms with E-state index in [4.69, 9.17) is 10.5 Å². The monoisotopic (exact) mass is 362 g/mol. The Morgan fingerprint density at radius 1 is 1.00 bits per heavy atom. The summed E-state index contributed by atoms with van der Waals surface area (Å²) in [6.45, 7) is 0.416. The summed E-state index contributed by atoms with van der Waals surface area (Å²) in [5.74, 6) is -0.523. The Hall–Kier alpha value is -3.18. The molecule has 1 heterocycles. The van der Waals surface area contributed by atoms with Gasteiger partial charge in [0.25, 0.3) is 5.91 Å². The van der Waals surface area contributed by atoms with E-state index in [2.05, 4.69) is 5.32 Å². The zero-order valence-electron chi connectivity index (χ0n) is 14.6. The van der Waals surface area contributed by atoms with Crippen LogP contribution in [-0.2, 0) is 22.6 Å². The Morgan fingerprint density at radius 2 is 1.70 bits per heavy atom. The standard InChI is InChI=1S/C22H19FN2O2/c23-18-8-5-14(6-9-18)16-7-10-19(24)20(11-16)25-22(26)21-12-15-3-1-2-4-17(15)13-27-21/h1-11,21H,12-13,24H2,(H,25,26). The van der Waals surface area contributed by atoms with E-state index in [0.29, 0.717) is 24.4 Å². The molecule has 1 atom stereocenters. The van der Waals surface area contributed by atoms with E-state index in [9.17, 15) is 9.18 Å². The minimum absolute atomic E-state index is 0.229. The smallest absolute Gasteiger partial charge is 0.253 e. The molecule has 1 unspecified atom stereocenters. The average molecular weight is 362 g/mol. The number of nitrogen functional groups attached to an aromatic ring is 1. The molecule has 0 fully saturated rings. The number of halogens is 1. The first-order chi connectivity index (χ1) is 13.1. The summed E-state index contributed by atoms with van der Waals surface area (Å²) >= 11 is 0. The van der Waals surface area contributed by atoms with Crippen molar-refractivity contribution in [1.29, 1.82) is 0 Å². The number of carbonyl (C=O) groups excluding carboxylic acids is 1. The highest BCUT2D eigenvalue weighted by molar-refractivity contribution is 5.98. The maximum Gasteiger partial charge on any atom is 0.253 e. The van der Waals surface area contributed by atoms with Crippen molar-refractivity contribution in [2.24, 2.45) is 0 Å². The first-order valence-corrected chi connectivity index (χ1v) is 8.75. The van der Waals surface area contributed by atoms with Crippen molar-refractivity contribution in [1.82, 2.24) is 0 Å². The number of carbonyl (C=O) groups is 1. The molecule has 4 nitrogen and oxygen atoms in total. The summed E-state index contributed by atoms with van der Waals surface area (Å²) < 4.78 is 18.9. The third kappa shape index (κ3) is 3.68. The van der Waals surface area contributed by atoms with Crippen LogP contribution in [0.3, 0.4) is 0 Å². The average Bonchev–Trinajstić information content (AvgIpc) is 2.70. The molecule has 136 valence electrons. The zero-order valence-corrected chi connectivity index (χ0v) is 14.6. The van der Waals surface area contributed by atoms with Crippen molar-refractivity contribution in [2.75, 3.05) is 11.1 Å². The van der Waals surface area contributed by atoms with Crippen LogP contribution in [0.5, 0.6) is 0 Å². The van der Waals surface area contributed by atoms with Crippen molar-refractivity contribution < 1.29 is 13.9 Å². The van der Waals surface area contributed by atoms with E-state index >= 15 is 0 Å². The highest BCUT2D eigenvalue weighted by atomic mass is 19.1.